The van der Waals surface area contributed by atoms with Gasteiger partial charge in [0.25, 0.3) is 0 Å². The van der Waals surface area contributed by atoms with Crippen LogP contribution >= 0.6 is 22.7 Å². The fourth-order valence-corrected chi connectivity index (χ4v) is 6.78. The average Bonchev–Trinajstić information content (AvgIpc) is 3.50. The quantitative estimate of drug-likeness (QED) is 0.282. The molecule has 178 valence electrons. The van der Waals surface area contributed by atoms with Gasteiger partial charge in [0, 0.05) is 17.0 Å². The van der Waals surface area contributed by atoms with Gasteiger partial charge in [-0.15, -0.1) is 22.7 Å². The Morgan fingerprint density at radius 3 is 2.71 bits per heavy atom. The molecule has 34 heavy (non-hydrogen) atoms. The number of aromatic nitrogens is 3. The minimum atomic E-state index is -0.165. The summed E-state index contributed by atoms with van der Waals surface area (Å²) in [6.45, 7) is 9.53. The van der Waals surface area contributed by atoms with Gasteiger partial charge in [-0.2, -0.15) is 4.98 Å². The molecule has 5 rings (SSSR count). The fraction of sp³-hybridized carbons (Fsp3) is 0.423. The first-order chi connectivity index (χ1) is 16.4. The number of aryl methyl sites for hydroxylation is 2. The van der Waals surface area contributed by atoms with Gasteiger partial charge in [0.15, 0.2) is 0 Å². The second kappa shape index (κ2) is 9.24. The number of rotatable bonds is 7. The minimum Gasteiger partial charge on any atom is -0.396 e. The summed E-state index contributed by atoms with van der Waals surface area (Å²) in [4.78, 5) is 16.0. The number of fused-ring (bicyclic) bond motifs is 1. The van der Waals surface area contributed by atoms with Crippen molar-refractivity contribution in [3.63, 3.8) is 0 Å². The zero-order valence-corrected chi connectivity index (χ0v) is 21.7. The van der Waals surface area contributed by atoms with E-state index >= 15 is 0 Å². The highest BCUT2D eigenvalue weighted by Gasteiger charge is 2.42. The molecule has 0 radical (unpaired) electrons. The van der Waals surface area contributed by atoms with Crippen LogP contribution in [0.5, 0.6) is 0 Å². The third-order valence-corrected chi connectivity index (χ3v) is 9.30. The van der Waals surface area contributed by atoms with E-state index in [9.17, 15) is 5.11 Å². The normalized spacial score (nSPS) is 22.4. The number of hydrogen-bond acceptors (Lipinski definition) is 8. The van der Waals surface area contributed by atoms with Gasteiger partial charge < -0.3 is 15.7 Å². The first-order valence-electron chi connectivity index (χ1n) is 11.8. The molecular formula is C26H31N5OS2. The summed E-state index contributed by atoms with van der Waals surface area (Å²) < 4.78 is 1.15. The van der Waals surface area contributed by atoms with Crippen molar-refractivity contribution in [1.29, 1.82) is 0 Å². The maximum absolute atomic E-state index is 9.85. The predicted octanol–water partition coefficient (Wildman–Crippen LogP) is 6.25. The molecular weight excluding hydrogens is 462 g/mol. The Morgan fingerprint density at radius 1 is 1.18 bits per heavy atom. The predicted molar refractivity (Wildman–Crippen MR) is 143 cm³/mol. The van der Waals surface area contributed by atoms with E-state index in [-0.39, 0.29) is 12.1 Å². The monoisotopic (exact) mass is 493 g/mol. The molecule has 6 nitrogen and oxygen atoms in total. The van der Waals surface area contributed by atoms with Crippen molar-refractivity contribution in [2.45, 2.75) is 52.6 Å². The van der Waals surface area contributed by atoms with Crippen molar-refractivity contribution in [3.05, 3.63) is 51.8 Å². The van der Waals surface area contributed by atoms with Crippen LogP contribution in [-0.4, -0.2) is 32.2 Å². The molecule has 1 aromatic carbocycles. The standard InChI is InChI=1S/C26H31N5OS2/c1-15-11-19(33-14-15)12-27-25-28-17(3)22(24-29-20-7-5-6-8-21(20)34-24)23(30-25)31-26(4)10-9-18(13-32)16(26)2/h5-8,11,14,16,18,32H,9-10,12-13H2,1-4H3,(H2,27,28,30,31). The van der Waals surface area contributed by atoms with Gasteiger partial charge in [-0.1, -0.05) is 19.1 Å². The molecule has 0 bridgehead atoms. The second-order valence-corrected chi connectivity index (χ2v) is 11.6. The van der Waals surface area contributed by atoms with Gasteiger partial charge in [0.2, 0.25) is 5.95 Å². The molecule has 0 spiro atoms. The molecule has 3 N–H and O–H groups in total. The highest BCUT2D eigenvalue weighted by atomic mass is 32.1. The number of para-hydroxylation sites is 1. The summed E-state index contributed by atoms with van der Waals surface area (Å²) in [6.07, 6.45) is 1.99. The van der Waals surface area contributed by atoms with Gasteiger partial charge in [-0.25, -0.2) is 9.97 Å². The summed E-state index contributed by atoms with van der Waals surface area (Å²) in [5.41, 5.74) is 3.95. The van der Waals surface area contributed by atoms with Gasteiger partial charge in [0.1, 0.15) is 10.8 Å². The van der Waals surface area contributed by atoms with E-state index in [1.165, 1.54) is 10.4 Å². The Labute approximate surface area is 208 Å². The molecule has 3 atom stereocenters. The molecule has 1 saturated carbocycles. The lowest BCUT2D eigenvalue weighted by atomic mass is 9.86. The van der Waals surface area contributed by atoms with Crippen molar-refractivity contribution in [1.82, 2.24) is 15.0 Å². The van der Waals surface area contributed by atoms with Crippen molar-refractivity contribution in [2.24, 2.45) is 11.8 Å². The van der Waals surface area contributed by atoms with Crippen molar-refractivity contribution < 1.29 is 5.11 Å². The summed E-state index contributed by atoms with van der Waals surface area (Å²) in [5, 5.41) is 20.1. The molecule has 1 aliphatic rings. The Morgan fingerprint density at radius 2 is 2.00 bits per heavy atom. The Hall–Kier alpha value is -2.55. The molecule has 8 heteroatoms. The van der Waals surface area contributed by atoms with Crippen molar-refractivity contribution in [3.8, 4) is 10.6 Å². The summed E-state index contributed by atoms with van der Waals surface area (Å²) in [7, 11) is 0. The number of thiazole rings is 1. The van der Waals surface area contributed by atoms with E-state index in [1.54, 1.807) is 22.7 Å². The molecule has 3 heterocycles. The van der Waals surface area contributed by atoms with Crippen LogP contribution in [-0.2, 0) is 6.54 Å². The number of nitrogens with zero attached hydrogens (tertiary/aromatic N) is 3. The topological polar surface area (TPSA) is 83.0 Å². The number of benzene rings is 1. The Bertz CT molecular complexity index is 1280. The van der Waals surface area contributed by atoms with E-state index < -0.39 is 0 Å². The molecule has 4 aromatic rings. The van der Waals surface area contributed by atoms with Crippen LogP contribution in [0.4, 0.5) is 11.8 Å². The lowest BCUT2D eigenvalue weighted by Crippen LogP contribution is -2.40. The van der Waals surface area contributed by atoms with Crippen LogP contribution in [0.15, 0.2) is 35.7 Å². The van der Waals surface area contributed by atoms with Crippen LogP contribution in [0, 0.1) is 25.7 Å². The molecule has 3 unspecified atom stereocenters. The van der Waals surface area contributed by atoms with Crippen LogP contribution in [0.1, 0.15) is 42.8 Å². The molecule has 3 aromatic heterocycles. The van der Waals surface area contributed by atoms with Gasteiger partial charge >= 0.3 is 0 Å². The number of nitrogens with one attached hydrogen (secondary N) is 2. The SMILES string of the molecule is Cc1csc(CNc2nc(C)c(-c3nc4ccccc4s3)c(NC3(C)CCC(CO)C3C)n2)c1. The maximum Gasteiger partial charge on any atom is 0.225 e. The number of aliphatic hydroxyl groups excluding tert-OH is 1. The molecule has 1 aliphatic carbocycles. The van der Waals surface area contributed by atoms with Crippen molar-refractivity contribution in [2.75, 3.05) is 17.2 Å². The largest absolute Gasteiger partial charge is 0.396 e. The van der Waals surface area contributed by atoms with Gasteiger partial charge in [-0.3, -0.25) is 0 Å². The van der Waals surface area contributed by atoms with E-state index in [2.05, 4.69) is 48.9 Å². The van der Waals surface area contributed by atoms with E-state index in [1.807, 2.05) is 25.1 Å². The second-order valence-electron chi connectivity index (χ2n) is 9.60. The molecule has 0 amide bonds. The first-order valence-corrected chi connectivity index (χ1v) is 13.5. The third-order valence-electron chi connectivity index (χ3n) is 7.19. The average molecular weight is 494 g/mol. The zero-order chi connectivity index (χ0) is 23.9. The number of aliphatic hydroxyl groups is 1. The smallest absolute Gasteiger partial charge is 0.225 e. The van der Waals surface area contributed by atoms with Gasteiger partial charge in [0.05, 0.1) is 28.0 Å². The third kappa shape index (κ3) is 4.42. The van der Waals surface area contributed by atoms with E-state index in [0.717, 1.165) is 45.1 Å². The number of hydrogen-bond donors (Lipinski definition) is 3. The Kier molecular flexibility index (Phi) is 6.31. The van der Waals surface area contributed by atoms with Crippen molar-refractivity contribution >= 4 is 44.7 Å². The van der Waals surface area contributed by atoms with Crippen LogP contribution in [0.3, 0.4) is 0 Å². The number of anilines is 2. The summed E-state index contributed by atoms with van der Waals surface area (Å²) in [5.74, 6) is 2.04. The summed E-state index contributed by atoms with van der Waals surface area (Å²) in [6, 6.07) is 10.4. The van der Waals surface area contributed by atoms with Gasteiger partial charge in [-0.05, 0) is 74.6 Å². The molecule has 0 aliphatic heterocycles. The minimum absolute atomic E-state index is 0.165. The number of thiophene rings is 1. The highest BCUT2D eigenvalue weighted by Crippen LogP contribution is 2.44. The van der Waals surface area contributed by atoms with Crippen LogP contribution < -0.4 is 10.6 Å². The zero-order valence-electron chi connectivity index (χ0n) is 20.1. The van der Waals surface area contributed by atoms with E-state index in [0.29, 0.717) is 24.3 Å². The van der Waals surface area contributed by atoms with Crippen LogP contribution in [0.25, 0.3) is 20.8 Å². The molecule has 0 saturated heterocycles. The maximum atomic E-state index is 9.85. The highest BCUT2D eigenvalue weighted by molar-refractivity contribution is 7.21. The summed E-state index contributed by atoms with van der Waals surface area (Å²) >= 11 is 3.41. The van der Waals surface area contributed by atoms with Crippen LogP contribution in [0.2, 0.25) is 0 Å². The molecule has 1 fully saturated rings. The fourth-order valence-electron chi connectivity index (χ4n) is 4.91. The van der Waals surface area contributed by atoms with E-state index in [4.69, 9.17) is 15.0 Å². The lowest BCUT2D eigenvalue weighted by molar-refractivity contribution is 0.187. The lowest BCUT2D eigenvalue weighted by Gasteiger charge is -2.34. The first kappa shape index (κ1) is 23.2. The Balaban J connectivity index is 1.54.